The molecule has 2 atom stereocenters. The van der Waals surface area contributed by atoms with Crippen molar-refractivity contribution in [2.45, 2.75) is 30.2 Å². The molecule has 0 bridgehead atoms. The van der Waals surface area contributed by atoms with Crippen LogP contribution in [0, 0.1) is 5.92 Å². The van der Waals surface area contributed by atoms with E-state index in [2.05, 4.69) is 10.3 Å². The molecule has 1 aromatic rings. The summed E-state index contributed by atoms with van der Waals surface area (Å²) in [4.78, 5) is 15.4. The molecule has 1 aromatic heterocycles. The topological polar surface area (TPSA) is 105 Å². The third-order valence-electron chi connectivity index (χ3n) is 4.18. The van der Waals surface area contributed by atoms with Crippen molar-refractivity contribution in [1.82, 2.24) is 14.6 Å². The zero-order valence-electron chi connectivity index (χ0n) is 11.5. The summed E-state index contributed by atoms with van der Waals surface area (Å²) >= 11 is 0. The summed E-state index contributed by atoms with van der Waals surface area (Å²) in [6.07, 6.45) is 3.25. The Morgan fingerprint density at radius 2 is 2.19 bits per heavy atom. The van der Waals surface area contributed by atoms with Crippen LogP contribution in [0.25, 0.3) is 0 Å². The van der Waals surface area contributed by atoms with Crippen molar-refractivity contribution in [2.75, 3.05) is 18.8 Å². The van der Waals surface area contributed by atoms with Gasteiger partial charge in [-0.3, -0.25) is 4.79 Å². The molecular weight excluding hydrogens is 292 g/mol. The van der Waals surface area contributed by atoms with Crippen molar-refractivity contribution in [1.29, 1.82) is 0 Å². The van der Waals surface area contributed by atoms with E-state index in [-0.39, 0.29) is 28.6 Å². The number of nitrogens with two attached hydrogens (primary N) is 1. The second kappa shape index (κ2) is 5.27. The minimum atomic E-state index is -3.55. The number of hydrogen-bond acceptors (Lipinski definition) is 5. The normalized spacial score (nSPS) is 27.0. The van der Waals surface area contributed by atoms with Crippen LogP contribution in [0.15, 0.2) is 23.2 Å². The van der Waals surface area contributed by atoms with Crippen LogP contribution >= 0.6 is 0 Å². The quantitative estimate of drug-likeness (QED) is 0.797. The summed E-state index contributed by atoms with van der Waals surface area (Å²) in [5, 5.41) is 2.95. The molecule has 3 rings (SSSR count). The lowest BCUT2D eigenvalue weighted by atomic mass is 9.86. The molecule has 21 heavy (non-hydrogen) atoms. The van der Waals surface area contributed by atoms with Crippen LogP contribution < -0.4 is 11.1 Å². The van der Waals surface area contributed by atoms with Gasteiger partial charge in [0, 0.05) is 37.8 Å². The fourth-order valence-electron chi connectivity index (χ4n) is 3.03. The lowest BCUT2D eigenvalue weighted by molar-refractivity contribution is -0.124. The average Bonchev–Trinajstić information content (AvgIpc) is 2.46. The summed E-state index contributed by atoms with van der Waals surface area (Å²) < 4.78 is 26.8. The fourth-order valence-corrected chi connectivity index (χ4v) is 4.57. The van der Waals surface area contributed by atoms with E-state index in [0.29, 0.717) is 25.9 Å². The third-order valence-corrected chi connectivity index (χ3v) is 6.04. The second-order valence-corrected chi connectivity index (χ2v) is 7.48. The van der Waals surface area contributed by atoms with Gasteiger partial charge in [0.1, 0.15) is 5.82 Å². The number of anilines is 1. The number of sulfonamides is 1. The molecule has 8 heteroatoms. The van der Waals surface area contributed by atoms with Gasteiger partial charge in [-0.2, -0.15) is 4.31 Å². The molecule has 1 amide bonds. The van der Waals surface area contributed by atoms with E-state index < -0.39 is 10.0 Å². The van der Waals surface area contributed by atoms with Crippen LogP contribution in [0.4, 0.5) is 5.82 Å². The van der Waals surface area contributed by atoms with Crippen molar-refractivity contribution < 1.29 is 13.2 Å². The molecule has 0 saturated carbocycles. The molecule has 0 aliphatic carbocycles. The lowest BCUT2D eigenvalue weighted by Gasteiger charge is -2.40. The van der Waals surface area contributed by atoms with Gasteiger partial charge in [0.05, 0.1) is 4.90 Å². The Hall–Kier alpha value is -1.67. The minimum absolute atomic E-state index is 0.0643. The summed E-state index contributed by atoms with van der Waals surface area (Å²) in [5.74, 6) is 0.441. The van der Waals surface area contributed by atoms with Gasteiger partial charge in [0.25, 0.3) is 0 Å². The highest BCUT2D eigenvalue weighted by atomic mass is 32.2. The Labute approximate surface area is 123 Å². The van der Waals surface area contributed by atoms with Crippen LogP contribution in [0.5, 0.6) is 0 Å². The Morgan fingerprint density at radius 1 is 1.38 bits per heavy atom. The number of piperidine rings is 2. The zero-order chi connectivity index (χ0) is 15.0. The predicted molar refractivity (Wildman–Crippen MR) is 76.7 cm³/mol. The van der Waals surface area contributed by atoms with E-state index in [1.807, 2.05) is 0 Å². The molecular formula is C13H18N4O3S. The van der Waals surface area contributed by atoms with Gasteiger partial charge in [0.2, 0.25) is 15.9 Å². The highest BCUT2D eigenvalue weighted by Crippen LogP contribution is 2.29. The lowest BCUT2D eigenvalue weighted by Crippen LogP contribution is -2.54. The van der Waals surface area contributed by atoms with E-state index in [0.717, 1.165) is 6.42 Å². The molecule has 0 aromatic carbocycles. The molecule has 0 spiro atoms. The van der Waals surface area contributed by atoms with E-state index in [1.54, 1.807) is 0 Å². The maximum atomic E-state index is 12.6. The molecule has 7 nitrogen and oxygen atoms in total. The van der Waals surface area contributed by atoms with E-state index in [9.17, 15) is 13.2 Å². The number of nitrogen functional groups attached to an aromatic ring is 1. The van der Waals surface area contributed by atoms with Gasteiger partial charge in [-0.25, -0.2) is 13.4 Å². The standard InChI is InChI=1S/C13H18N4O3S/c14-12-7-10(3-5-15-12)21(19,20)17-6-4-11-9(8-17)1-2-13(18)16-11/h3,5,7,9,11H,1-2,4,6,8H2,(H2,14,15)(H,16,18). The van der Waals surface area contributed by atoms with Gasteiger partial charge in [-0.1, -0.05) is 0 Å². The first-order valence-corrected chi connectivity index (χ1v) is 8.42. The molecule has 3 N–H and O–H groups in total. The first-order chi connectivity index (χ1) is 9.96. The Kier molecular flexibility index (Phi) is 3.58. The van der Waals surface area contributed by atoms with Gasteiger partial charge in [-0.15, -0.1) is 0 Å². The molecule has 114 valence electrons. The van der Waals surface area contributed by atoms with E-state index >= 15 is 0 Å². The Balaban J connectivity index is 1.80. The summed E-state index contributed by atoms with van der Waals surface area (Å²) in [7, 11) is -3.55. The van der Waals surface area contributed by atoms with Crippen LogP contribution in [-0.4, -0.2) is 42.7 Å². The monoisotopic (exact) mass is 310 g/mol. The van der Waals surface area contributed by atoms with Crippen molar-refractivity contribution >= 4 is 21.7 Å². The third kappa shape index (κ3) is 2.73. The number of rotatable bonds is 2. The second-order valence-electron chi connectivity index (χ2n) is 5.54. The number of carbonyl (C=O) groups excluding carboxylic acids is 1. The fraction of sp³-hybridized carbons (Fsp3) is 0.538. The van der Waals surface area contributed by atoms with Crippen molar-refractivity contribution in [2.24, 2.45) is 5.92 Å². The number of aromatic nitrogens is 1. The largest absolute Gasteiger partial charge is 0.384 e. The highest BCUT2D eigenvalue weighted by Gasteiger charge is 2.38. The van der Waals surface area contributed by atoms with Gasteiger partial charge >= 0.3 is 0 Å². The zero-order valence-corrected chi connectivity index (χ0v) is 12.3. The Bertz CT molecular complexity index is 661. The molecule has 2 aliphatic rings. The number of fused-ring (bicyclic) bond motifs is 1. The molecule has 3 heterocycles. The smallest absolute Gasteiger partial charge is 0.243 e. The highest BCUT2D eigenvalue weighted by molar-refractivity contribution is 7.89. The van der Waals surface area contributed by atoms with E-state index in [4.69, 9.17) is 5.73 Å². The van der Waals surface area contributed by atoms with Crippen LogP contribution in [0.2, 0.25) is 0 Å². The number of carbonyl (C=O) groups is 1. The van der Waals surface area contributed by atoms with Crippen LogP contribution in [0.1, 0.15) is 19.3 Å². The average molecular weight is 310 g/mol. The molecule has 2 fully saturated rings. The maximum Gasteiger partial charge on any atom is 0.243 e. The predicted octanol–water partition coefficient (Wildman–Crippen LogP) is -0.0470. The van der Waals surface area contributed by atoms with Crippen LogP contribution in [-0.2, 0) is 14.8 Å². The number of nitrogens with zero attached hydrogens (tertiary/aromatic N) is 2. The minimum Gasteiger partial charge on any atom is -0.384 e. The summed E-state index contributed by atoms with van der Waals surface area (Å²) in [6.45, 7) is 0.849. The SMILES string of the molecule is Nc1cc(S(=O)(=O)N2CCC3NC(=O)CCC3C2)ccn1. The number of hydrogen-bond donors (Lipinski definition) is 2. The van der Waals surface area contributed by atoms with Crippen molar-refractivity contribution in [3.63, 3.8) is 0 Å². The van der Waals surface area contributed by atoms with E-state index in [1.165, 1.54) is 22.6 Å². The number of pyridine rings is 1. The first-order valence-electron chi connectivity index (χ1n) is 6.98. The van der Waals surface area contributed by atoms with Crippen LogP contribution in [0.3, 0.4) is 0 Å². The number of amides is 1. The molecule has 2 aliphatic heterocycles. The van der Waals surface area contributed by atoms with Gasteiger partial charge in [0.15, 0.2) is 0 Å². The Morgan fingerprint density at radius 3 is 2.95 bits per heavy atom. The van der Waals surface area contributed by atoms with Gasteiger partial charge in [-0.05, 0) is 24.8 Å². The number of nitrogens with one attached hydrogen (secondary N) is 1. The van der Waals surface area contributed by atoms with Gasteiger partial charge < -0.3 is 11.1 Å². The summed E-state index contributed by atoms with van der Waals surface area (Å²) in [6, 6.07) is 2.94. The summed E-state index contributed by atoms with van der Waals surface area (Å²) in [5.41, 5.74) is 5.56. The maximum absolute atomic E-state index is 12.6. The van der Waals surface area contributed by atoms with Crippen molar-refractivity contribution in [3.8, 4) is 0 Å². The van der Waals surface area contributed by atoms with Crippen molar-refractivity contribution in [3.05, 3.63) is 18.3 Å². The first kappa shape index (κ1) is 14.3. The molecule has 2 saturated heterocycles. The molecule has 0 radical (unpaired) electrons. The molecule has 2 unspecified atom stereocenters.